The highest BCUT2D eigenvalue weighted by molar-refractivity contribution is 5.35. The summed E-state index contributed by atoms with van der Waals surface area (Å²) in [4.78, 5) is 10.5. The maximum atomic E-state index is 10.8. The molecule has 5 heteroatoms. The maximum absolute atomic E-state index is 10.8. The van der Waals surface area contributed by atoms with Crippen molar-refractivity contribution < 1.29 is 9.66 Å². The van der Waals surface area contributed by atoms with E-state index in [1.54, 1.807) is 12.1 Å². The number of rotatable bonds is 6. The summed E-state index contributed by atoms with van der Waals surface area (Å²) in [5.74, 6) is 0. The molecule has 1 aromatic carbocycles. The molecule has 2 unspecified atom stereocenters. The van der Waals surface area contributed by atoms with Crippen molar-refractivity contribution in [3.8, 4) is 0 Å². The first-order valence-electron chi connectivity index (χ1n) is 7.30. The van der Waals surface area contributed by atoms with E-state index in [9.17, 15) is 10.1 Å². The Labute approximate surface area is 119 Å². The third-order valence-electron chi connectivity index (χ3n) is 3.76. The van der Waals surface area contributed by atoms with Gasteiger partial charge in [0.2, 0.25) is 0 Å². The van der Waals surface area contributed by atoms with E-state index in [1.165, 1.54) is 12.5 Å². The summed E-state index contributed by atoms with van der Waals surface area (Å²) in [6, 6.07) is 7.01. The Morgan fingerprint density at radius 3 is 3.00 bits per heavy atom. The molecule has 110 valence electrons. The van der Waals surface area contributed by atoms with Crippen molar-refractivity contribution in [1.29, 1.82) is 0 Å². The Morgan fingerprint density at radius 2 is 2.35 bits per heavy atom. The molecule has 1 saturated heterocycles. The van der Waals surface area contributed by atoms with Crippen LogP contribution in [0.2, 0.25) is 0 Å². The van der Waals surface area contributed by atoms with Crippen molar-refractivity contribution in [2.45, 2.75) is 44.8 Å². The second kappa shape index (κ2) is 7.36. The quantitative estimate of drug-likeness (QED) is 0.641. The van der Waals surface area contributed by atoms with Gasteiger partial charge in [-0.25, -0.2) is 0 Å². The van der Waals surface area contributed by atoms with Gasteiger partial charge in [0.05, 0.1) is 11.0 Å². The molecule has 2 rings (SSSR count). The van der Waals surface area contributed by atoms with Crippen LogP contribution in [0.15, 0.2) is 24.3 Å². The lowest BCUT2D eigenvalue weighted by atomic mass is 10.0. The van der Waals surface area contributed by atoms with Gasteiger partial charge in [-0.05, 0) is 31.2 Å². The molecule has 1 aliphatic rings. The highest BCUT2D eigenvalue weighted by Crippen LogP contribution is 2.22. The predicted octanol–water partition coefficient (Wildman–Crippen LogP) is 3.20. The minimum absolute atomic E-state index is 0.139. The van der Waals surface area contributed by atoms with Crippen LogP contribution in [0, 0.1) is 10.1 Å². The van der Waals surface area contributed by atoms with Gasteiger partial charge in [-0.2, -0.15) is 0 Å². The van der Waals surface area contributed by atoms with Crippen LogP contribution in [0.25, 0.3) is 0 Å². The van der Waals surface area contributed by atoms with Crippen molar-refractivity contribution >= 4 is 5.69 Å². The molecule has 1 heterocycles. The fourth-order valence-corrected chi connectivity index (χ4v) is 2.60. The summed E-state index contributed by atoms with van der Waals surface area (Å²) in [7, 11) is 0. The number of nitrogens with one attached hydrogen (secondary N) is 1. The molecule has 0 saturated carbocycles. The van der Waals surface area contributed by atoms with Gasteiger partial charge in [-0.15, -0.1) is 0 Å². The van der Waals surface area contributed by atoms with E-state index >= 15 is 0 Å². The molecule has 1 fully saturated rings. The number of ether oxygens (including phenoxy) is 1. The highest BCUT2D eigenvalue weighted by atomic mass is 16.6. The smallest absolute Gasteiger partial charge is 0.269 e. The summed E-state index contributed by atoms with van der Waals surface area (Å²) >= 11 is 0. The lowest BCUT2D eigenvalue weighted by Gasteiger charge is -2.25. The monoisotopic (exact) mass is 278 g/mol. The van der Waals surface area contributed by atoms with Gasteiger partial charge in [0.1, 0.15) is 0 Å². The fraction of sp³-hybridized carbons (Fsp3) is 0.600. The van der Waals surface area contributed by atoms with E-state index in [0.717, 1.165) is 38.0 Å². The molecule has 0 amide bonds. The minimum atomic E-state index is -0.347. The number of hydrogen-bond donors (Lipinski definition) is 1. The van der Waals surface area contributed by atoms with E-state index in [4.69, 9.17) is 4.74 Å². The summed E-state index contributed by atoms with van der Waals surface area (Å²) in [5, 5.41) is 14.3. The first kappa shape index (κ1) is 14.9. The number of non-ortho nitro benzene ring substituents is 1. The zero-order valence-corrected chi connectivity index (χ0v) is 11.9. The van der Waals surface area contributed by atoms with Crippen molar-refractivity contribution in [1.82, 2.24) is 5.32 Å². The Hall–Kier alpha value is -1.46. The molecule has 1 aliphatic heterocycles. The summed E-state index contributed by atoms with van der Waals surface area (Å²) in [6.45, 7) is 3.74. The average molecular weight is 278 g/mol. The second-order valence-corrected chi connectivity index (χ2v) is 5.21. The molecule has 0 aliphatic carbocycles. The molecule has 1 aromatic rings. The normalized spacial score (nSPS) is 20.6. The molecule has 20 heavy (non-hydrogen) atoms. The first-order valence-corrected chi connectivity index (χ1v) is 7.30. The number of benzene rings is 1. The molecule has 0 spiro atoms. The lowest BCUT2D eigenvalue weighted by molar-refractivity contribution is -0.384. The van der Waals surface area contributed by atoms with Crippen molar-refractivity contribution in [2.75, 3.05) is 13.2 Å². The predicted molar refractivity (Wildman–Crippen MR) is 77.7 cm³/mol. The molecular formula is C15H22N2O3. The number of hydrogen-bond acceptors (Lipinski definition) is 4. The Kier molecular flexibility index (Phi) is 5.49. The van der Waals surface area contributed by atoms with Crippen LogP contribution in [0.5, 0.6) is 0 Å². The van der Waals surface area contributed by atoms with Crippen LogP contribution in [-0.2, 0) is 4.74 Å². The number of nitro benzene ring substituents is 1. The third kappa shape index (κ3) is 4.02. The van der Waals surface area contributed by atoms with Crippen LogP contribution in [0.3, 0.4) is 0 Å². The summed E-state index contributed by atoms with van der Waals surface area (Å²) in [6.07, 6.45) is 4.64. The summed E-state index contributed by atoms with van der Waals surface area (Å²) < 4.78 is 5.70. The Morgan fingerprint density at radius 1 is 1.50 bits per heavy atom. The highest BCUT2D eigenvalue weighted by Gasteiger charge is 2.17. The van der Waals surface area contributed by atoms with Gasteiger partial charge in [0.15, 0.2) is 0 Å². The van der Waals surface area contributed by atoms with Crippen LogP contribution in [0.4, 0.5) is 5.69 Å². The standard InChI is InChI=1S/C15H22N2O3/c1-2-15(16-11-14-8-3-4-9-20-14)12-6-5-7-13(10-12)17(18)19/h5-7,10,14-16H,2-4,8-9,11H2,1H3. The van der Waals surface area contributed by atoms with Crippen molar-refractivity contribution in [3.05, 3.63) is 39.9 Å². The van der Waals surface area contributed by atoms with E-state index < -0.39 is 0 Å². The molecular weight excluding hydrogens is 256 g/mol. The molecule has 1 N–H and O–H groups in total. The largest absolute Gasteiger partial charge is 0.377 e. The number of nitro groups is 1. The van der Waals surface area contributed by atoms with E-state index in [1.807, 2.05) is 6.07 Å². The SMILES string of the molecule is CCC(NCC1CCCCO1)c1cccc([N+](=O)[O-])c1. The van der Waals surface area contributed by atoms with Crippen LogP contribution >= 0.6 is 0 Å². The molecule has 0 radical (unpaired) electrons. The molecule has 5 nitrogen and oxygen atoms in total. The molecule has 0 bridgehead atoms. The lowest BCUT2D eigenvalue weighted by Crippen LogP contribution is -2.34. The zero-order chi connectivity index (χ0) is 14.4. The van der Waals surface area contributed by atoms with Crippen LogP contribution < -0.4 is 5.32 Å². The van der Waals surface area contributed by atoms with Gasteiger partial charge in [0.25, 0.3) is 5.69 Å². The fourth-order valence-electron chi connectivity index (χ4n) is 2.60. The molecule has 2 atom stereocenters. The first-order chi connectivity index (χ1) is 9.70. The maximum Gasteiger partial charge on any atom is 0.269 e. The number of nitrogens with zero attached hydrogens (tertiary/aromatic N) is 1. The Balaban J connectivity index is 1.96. The van der Waals surface area contributed by atoms with Crippen molar-refractivity contribution in [3.63, 3.8) is 0 Å². The van der Waals surface area contributed by atoms with Gasteiger partial charge < -0.3 is 10.1 Å². The van der Waals surface area contributed by atoms with E-state index in [2.05, 4.69) is 12.2 Å². The topological polar surface area (TPSA) is 64.4 Å². The molecule has 0 aromatic heterocycles. The van der Waals surface area contributed by atoms with Crippen LogP contribution in [0.1, 0.15) is 44.2 Å². The van der Waals surface area contributed by atoms with E-state index in [-0.39, 0.29) is 22.8 Å². The van der Waals surface area contributed by atoms with Crippen molar-refractivity contribution in [2.24, 2.45) is 0 Å². The minimum Gasteiger partial charge on any atom is -0.377 e. The third-order valence-corrected chi connectivity index (χ3v) is 3.76. The van der Waals surface area contributed by atoms with Crippen LogP contribution in [-0.4, -0.2) is 24.2 Å². The van der Waals surface area contributed by atoms with Gasteiger partial charge >= 0.3 is 0 Å². The van der Waals surface area contributed by atoms with E-state index in [0.29, 0.717) is 0 Å². The van der Waals surface area contributed by atoms with Gasteiger partial charge in [-0.3, -0.25) is 10.1 Å². The summed E-state index contributed by atoms with van der Waals surface area (Å²) in [5.41, 5.74) is 1.12. The zero-order valence-electron chi connectivity index (χ0n) is 11.9. The Bertz CT molecular complexity index is 444. The van der Waals surface area contributed by atoms with Gasteiger partial charge in [0, 0.05) is 31.3 Å². The van der Waals surface area contributed by atoms with Gasteiger partial charge in [-0.1, -0.05) is 19.1 Å². The average Bonchev–Trinajstić information content (AvgIpc) is 2.49. The second-order valence-electron chi connectivity index (χ2n) is 5.21.